The highest BCUT2D eigenvalue weighted by atomic mass is 79.9. The summed E-state index contributed by atoms with van der Waals surface area (Å²) in [5.74, 6) is -0.385. The van der Waals surface area contributed by atoms with Crippen molar-refractivity contribution in [1.29, 1.82) is 0 Å². The van der Waals surface area contributed by atoms with E-state index in [0.717, 1.165) is 15.0 Å². The van der Waals surface area contributed by atoms with Crippen LogP contribution in [-0.2, 0) is 4.74 Å². The predicted molar refractivity (Wildman–Crippen MR) is 73.7 cm³/mol. The highest BCUT2D eigenvalue weighted by Crippen LogP contribution is 2.31. The lowest BCUT2D eigenvalue weighted by Gasteiger charge is -1.98. The van der Waals surface area contributed by atoms with Gasteiger partial charge in [-0.3, -0.25) is 4.98 Å². The molecule has 0 aliphatic heterocycles. The number of aryl methyl sites for hydroxylation is 1. The molecule has 94 valence electrons. The minimum absolute atomic E-state index is 0.346. The van der Waals surface area contributed by atoms with E-state index in [2.05, 4.69) is 25.9 Å². The summed E-state index contributed by atoms with van der Waals surface area (Å²) in [5, 5.41) is 0.711. The molecule has 0 unspecified atom stereocenters. The fourth-order valence-electron chi connectivity index (χ4n) is 1.43. The number of halogens is 1. The first-order valence-electron chi connectivity index (χ1n) is 5.39. The molecule has 4 nitrogen and oxygen atoms in total. The van der Waals surface area contributed by atoms with E-state index >= 15 is 0 Å². The molecule has 0 saturated heterocycles. The summed E-state index contributed by atoms with van der Waals surface area (Å²) in [4.78, 5) is 21.1. The van der Waals surface area contributed by atoms with Gasteiger partial charge in [-0.1, -0.05) is 0 Å². The van der Waals surface area contributed by atoms with Crippen LogP contribution >= 0.6 is 27.3 Å². The Kier molecular flexibility index (Phi) is 4.08. The van der Waals surface area contributed by atoms with Crippen molar-refractivity contribution in [2.45, 2.75) is 13.8 Å². The number of carbonyl (C=O) groups excluding carboxylic acids is 1. The zero-order chi connectivity index (χ0) is 13.1. The van der Waals surface area contributed by atoms with Crippen LogP contribution in [0.3, 0.4) is 0 Å². The fourth-order valence-corrected chi connectivity index (χ4v) is 2.92. The summed E-state index contributed by atoms with van der Waals surface area (Å²) in [6, 6.07) is 3.73. The Morgan fingerprint density at radius 1 is 1.56 bits per heavy atom. The maximum Gasteiger partial charge on any atom is 0.358 e. The first-order valence-corrected chi connectivity index (χ1v) is 7.00. The second-order valence-corrected chi connectivity index (χ2v) is 5.54. The molecular formula is C12H11BrN2O2S. The minimum atomic E-state index is -0.385. The van der Waals surface area contributed by atoms with Gasteiger partial charge in [0, 0.05) is 15.5 Å². The van der Waals surface area contributed by atoms with E-state index in [1.54, 1.807) is 13.1 Å². The van der Waals surface area contributed by atoms with E-state index in [1.165, 1.54) is 11.3 Å². The van der Waals surface area contributed by atoms with Gasteiger partial charge in [-0.05, 0) is 41.9 Å². The Morgan fingerprint density at radius 2 is 2.33 bits per heavy atom. The van der Waals surface area contributed by atoms with Crippen LogP contribution in [0.25, 0.3) is 10.7 Å². The second-order valence-electron chi connectivity index (χ2n) is 3.48. The minimum Gasteiger partial charge on any atom is -0.461 e. The lowest BCUT2D eigenvalue weighted by Crippen LogP contribution is -2.06. The summed E-state index contributed by atoms with van der Waals surface area (Å²) in [6.07, 6.45) is 1.70. The van der Waals surface area contributed by atoms with Crippen molar-refractivity contribution >= 4 is 33.2 Å². The van der Waals surface area contributed by atoms with Gasteiger partial charge in [-0.15, -0.1) is 11.3 Å². The lowest BCUT2D eigenvalue weighted by atomic mass is 10.3. The number of rotatable bonds is 3. The standard InChI is InChI=1S/C12H11BrN2O2S/c1-3-17-12(16)9-7(2)18-11(15-9)10-8(13)5-4-6-14-10/h4-6H,3H2,1-2H3. The predicted octanol–water partition coefficient (Wildman–Crippen LogP) is 3.45. The lowest BCUT2D eigenvalue weighted by molar-refractivity contribution is 0.0519. The molecule has 0 fully saturated rings. The molecule has 2 heterocycles. The molecule has 2 rings (SSSR count). The third kappa shape index (κ3) is 2.59. The van der Waals surface area contributed by atoms with Gasteiger partial charge in [-0.25, -0.2) is 9.78 Å². The topological polar surface area (TPSA) is 52.1 Å². The summed E-state index contributed by atoms with van der Waals surface area (Å²) < 4.78 is 5.82. The van der Waals surface area contributed by atoms with Crippen molar-refractivity contribution in [1.82, 2.24) is 9.97 Å². The molecule has 0 aromatic carbocycles. The average Bonchev–Trinajstić information content (AvgIpc) is 2.72. The van der Waals surface area contributed by atoms with Crippen LogP contribution in [0.15, 0.2) is 22.8 Å². The average molecular weight is 327 g/mol. The molecule has 0 radical (unpaired) electrons. The molecule has 0 atom stereocenters. The van der Waals surface area contributed by atoms with Crippen molar-refractivity contribution in [2.24, 2.45) is 0 Å². The molecule has 0 saturated carbocycles. The van der Waals surface area contributed by atoms with Crippen LogP contribution < -0.4 is 0 Å². The van der Waals surface area contributed by atoms with Crippen LogP contribution in [0.5, 0.6) is 0 Å². The molecule has 0 bridgehead atoms. The number of hydrogen-bond acceptors (Lipinski definition) is 5. The van der Waals surface area contributed by atoms with Gasteiger partial charge < -0.3 is 4.74 Å². The molecule has 2 aromatic heterocycles. The maximum atomic E-state index is 11.7. The van der Waals surface area contributed by atoms with Crippen LogP contribution in [0.1, 0.15) is 22.3 Å². The van der Waals surface area contributed by atoms with Gasteiger partial charge >= 0.3 is 5.97 Å². The van der Waals surface area contributed by atoms with Gasteiger partial charge in [0.05, 0.1) is 6.61 Å². The van der Waals surface area contributed by atoms with Gasteiger partial charge in [-0.2, -0.15) is 0 Å². The molecule has 0 aliphatic carbocycles. The SMILES string of the molecule is CCOC(=O)c1nc(-c2ncccc2Br)sc1C. The molecule has 0 amide bonds. The van der Waals surface area contributed by atoms with Crippen LogP contribution in [0.4, 0.5) is 0 Å². The Bertz CT molecular complexity index is 583. The molecule has 2 aromatic rings. The normalized spacial score (nSPS) is 10.4. The number of esters is 1. The van der Waals surface area contributed by atoms with Crippen molar-refractivity contribution in [3.05, 3.63) is 33.4 Å². The van der Waals surface area contributed by atoms with Crippen molar-refractivity contribution in [2.75, 3.05) is 6.61 Å². The van der Waals surface area contributed by atoms with E-state index in [-0.39, 0.29) is 5.97 Å². The number of thiazole rings is 1. The van der Waals surface area contributed by atoms with Crippen molar-refractivity contribution < 1.29 is 9.53 Å². The first-order chi connectivity index (χ1) is 8.63. The van der Waals surface area contributed by atoms with Crippen LogP contribution in [-0.4, -0.2) is 22.5 Å². The van der Waals surface area contributed by atoms with E-state index in [1.807, 2.05) is 19.1 Å². The van der Waals surface area contributed by atoms with E-state index in [0.29, 0.717) is 17.3 Å². The number of aromatic nitrogens is 2. The highest BCUT2D eigenvalue weighted by molar-refractivity contribution is 9.10. The van der Waals surface area contributed by atoms with Crippen molar-refractivity contribution in [3.8, 4) is 10.7 Å². The zero-order valence-electron chi connectivity index (χ0n) is 9.94. The number of nitrogens with zero attached hydrogens (tertiary/aromatic N) is 2. The number of pyridine rings is 1. The number of hydrogen-bond donors (Lipinski definition) is 0. The van der Waals surface area contributed by atoms with Gasteiger partial charge in [0.25, 0.3) is 0 Å². The summed E-state index contributed by atoms with van der Waals surface area (Å²) in [7, 11) is 0. The Hall–Kier alpha value is -1.27. The first kappa shape index (κ1) is 13.2. The molecule has 6 heteroatoms. The maximum absolute atomic E-state index is 11.7. The van der Waals surface area contributed by atoms with E-state index < -0.39 is 0 Å². The monoisotopic (exact) mass is 326 g/mol. The number of carbonyl (C=O) groups is 1. The quantitative estimate of drug-likeness (QED) is 0.810. The molecule has 0 spiro atoms. The van der Waals surface area contributed by atoms with Crippen LogP contribution in [0.2, 0.25) is 0 Å². The molecular weight excluding hydrogens is 316 g/mol. The zero-order valence-corrected chi connectivity index (χ0v) is 12.3. The fraction of sp³-hybridized carbons (Fsp3) is 0.250. The summed E-state index contributed by atoms with van der Waals surface area (Å²) in [5.41, 5.74) is 1.11. The molecule has 0 N–H and O–H groups in total. The van der Waals surface area contributed by atoms with Gasteiger partial charge in [0.1, 0.15) is 10.7 Å². The smallest absolute Gasteiger partial charge is 0.358 e. The molecule has 18 heavy (non-hydrogen) atoms. The molecule has 0 aliphatic rings. The van der Waals surface area contributed by atoms with Crippen LogP contribution in [0, 0.1) is 6.92 Å². The van der Waals surface area contributed by atoms with Crippen molar-refractivity contribution in [3.63, 3.8) is 0 Å². The Morgan fingerprint density at radius 3 is 3.00 bits per heavy atom. The van der Waals surface area contributed by atoms with Gasteiger partial charge in [0.15, 0.2) is 5.69 Å². The largest absolute Gasteiger partial charge is 0.461 e. The number of ether oxygens (including phenoxy) is 1. The Labute approximate surface area is 117 Å². The van der Waals surface area contributed by atoms with Gasteiger partial charge in [0.2, 0.25) is 0 Å². The third-order valence-electron chi connectivity index (χ3n) is 2.23. The van der Waals surface area contributed by atoms with E-state index in [9.17, 15) is 4.79 Å². The summed E-state index contributed by atoms with van der Waals surface area (Å²) in [6.45, 7) is 3.97. The highest BCUT2D eigenvalue weighted by Gasteiger charge is 2.18. The third-order valence-corrected chi connectivity index (χ3v) is 3.84. The van der Waals surface area contributed by atoms with E-state index in [4.69, 9.17) is 4.74 Å². The summed E-state index contributed by atoms with van der Waals surface area (Å²) >= 11 is 4.85. The Balaban J connectivity index is 2.41. The second kappa shape index (κ2) is 5.58.